The molecule has 0 atom stereocenters. The minimum Gasteiger partial charge on any atom is -0.490 e. The number of hydrogen-bond donors (Lipinski definition) is 1. The fourth-order valence-corrected chi connectivity index (χ4v) is 2.21. The summed E-state index contributed by atoms with van der Waals surface area (Å²) in [6.45, 7) is 4.61. The van der Waals surface area contributed by atoms with Gasteiger partial charge in [-0.25, -0.2) is 4.39 Å². The monoisotopic (exact) mass is 273 g/mol. The topological polar surface area (TPSA) is 21.3 Å². The molecule has 2 aromatic rings. The predicted molar refractivity (Wildman–Crippen MR) is 80.4 cm³/mol. The van der Waals surface area contributed by atoms with Gasteiger partial charge < -0.3 is 10.1 Å². The highest BCUT2D eigenvalue weighted by atomic mass is 19.1. The van der Waals surface area contributed by atoms with Gasteiger partial charge in [0, 0.05) is 12.1 Å². The first-order valence-corrected chi connectivity index (χ1v) is 6.81. The number of para-hydroxylation sites is 1. The van der Waals surface area contributed by atoms with Crippen LogP contribution in [-0.2, 0) is 6.54 Å². The van der Waals surface area contributed by atoms with E-state index >= 15 is 0 Å². The van der Waals surface area contributed by atoms with Gasteiger partial charge in [-0.2, -0.15) is 0 Å². The van der Waals surface area contributed by atoms with Crippen molar-refractivity contribution in [1.82, 2.24) is 5.32 Å². The molecule has 0 spiro atoms. The molecule has 0 saturated carbocycles. The summed E-state index contributed by atoms with van der Waals surface area (Å²) in [6.07, 6.45) is 0.101. The molecule has 0 aliphatic heterocycles. The van der Waals surface area contributed by atoms with Crippen molar-refractivity contribution in [2.45, 2.75) is 26.5 Å². The summed E-state index contributed by atoms with van der Waals surface area (Å²) in [5.41, 5.74) is 2.91. The standard InChI is InChI=1S/C17H20FNO/c1-12(2)20-17-7-5-4-6-16(17)15-9-8-14(18)10-13(15)11-19-3/h4-10,12,19H,11H2,1-3H3. The molecule has 0 aliphatic rings. The first kappa shape index (κ1) is 14.5. The number of benzene rings is 2. The van der Waals surface area contributed by atoms with Gasteiger partial charge in [0.15, 0.2) is 0 Å². The van der Waals surface area contributed by atoms with Crippen molar-refractivity contribution < 1.29 is 9.13 Å². The zero-order valence-corrected chi connectivity index (χ0v) is 12.1. The van der Waals surface area contributed by atoms with Crippen molar-refractivity contribution in [1.29, 1.82) is 0 Å². The van der Waals surface area contributed by atoms with Crippen LogP contribution in [0.1, 0.15) is 19.4 Å². The molecule has 2 aromatic carbocycles. The Bertz CT molecular complexity index is 581. The van der Waals surface area contributed by atoms with Crippen LogP contribution in [0.4, 0.5) is 4.39 Å². The molecule has 0 aromatic heterocycles. The van der Waals surface area contributed by atoms with E-state index in [0.717, 1.165) is 22.4 Å². The summed E-state index contributed by atoms with van der Waals surface area (Å²) in [5, 5.41) is 3.07. The van der Waals surface area contributed by atoms with Crippen LogP contribution in [0.2, 0.25) is 0 Å². The maximum absolute atomic E-state index is 13.4. The third-order valence-electron chi connectivity index (χ3n) is 2.97. The van der Waals surface area contributed by atoms with E-state index in [1.54, 1.807) is 6.07 Å². The van der Waals surface area contributed by atoms with Gasteiger partial charge >= 0.3 is 0 Å². The number of hydrogen-bond acceptors (Lipinski definition) is 2. The lowest BCUT2D eigenvalue weighted by Crippen LogP contribution is -2.09. The predicted octanol–water partition coefficient (Wildman–Crippen LogP) is 4.00. The maximum atomic E-state index is 13.4. The van der Waals surface area contributed by atoms with Crippen LogP contribution in [0.25, 0.3) is 11.1 Å². The van der Waals surface area contributed by atoms with Crippen LogP contribution in [0, 0.1) is 5.82 Å². The molecular formula is C17H20FNO. The van der Waals surface area contributed by atoms with Crippen molar-refractivity contribution >= 4 is 0 Å². The Balaban J connectivity index is 2.50. The molecule has 0 saturated heterocycles. The Hall–Kier alpha value is -1.87. The SMILES string of the molecule is CNCc1cc(F)ccc1-c1ccccc1OC(C)C. The molecule has 20 heavy (non-hydrogen) atoms. The van der Waals surface area contributed by atoms with Crippen LogP contribution >= 0.6 is 0 Å². The van der Waals surface area contributed by atoms with Gasteiger partial charge in [-0.15, -0.1) is 0 Å². The summed E-state index contributed by atoms with van der Waals surface area (Å²) in [5.74, 6) is 0.604. The Labute approximate surface area is 119 Å². The molecule has 0 bridgehead atoms. The van der Waals surface area contributed by atoms with E-state index in [1.807, 2.05) is 51.2 Å². The van der Waals surface area contributed by atoms with E-state index in [9.17, 15) is 4.39 Å². The van der Waals surface area contributed by atoms with Crippen molar-refractivity contribution in [3.8, 4) is 16.9 Å². The Morgan fingerprint density at radius 3 is 2.55 bits per heavy atom. The lowest BCUT2D eigenvalue weighted by molar-refractivity contribution is 0.243. The molecule has 2 nitrogen and oxygen atoms in total. The van der Waals surface area contributed by atoms with E-state index in [-0.39, 0.29) is 11.9 Å². The van der Waals surface area contributed by atoms with Crippen molar-refractivity contribution in [2.24, 2.45) is 0 Å². The van der Waals surface area contributed by atoms with Crippen LogP contribution in [0.3, 0.4) is 0 Å². The van der Waals surface area contributed by atoms with E-state index in [2.05, 4.69) is 5.32 Å². The Kier molecular flexibility index (Phi) is 4.74. The second-order valence-corrected chi connectivity index (χ2v) is 4.99. The van der Waals surface area contributed by atoms with Crippen molar-refractivity contribution in [3.05, 3.63) is 53.8 Å². The van der Waals surface area contributed by atoms with Crippen molar-refractivity contribution in [2.75, 3.05) is 7.05 Å². The van der Waals surface area contributed by atoms with Gasteiger partial charge in [-0.05, 0) is 50.2 Å². The van der Waals surface area contributed by atoms with E-state index in [4.69, 9.17) is 4.74 Å². The lowest BCUT2D eigenvalue weighted by Gasteiger charge is -2.16. The molecule has 0 amide bonds. The molecule has 0 heterocycles. The Morgan fingerprint density at radius 2 is 1.85 bits per heavy atom. The summed E-state index contributed by atoms with van der Waals surface area (Å²) >= 11 is 0. The average molecular weight is 273 g/mol. The molecule has 3 heteroatoms. The van der Waals surface area contributed by atoms with Crippen LogP contribution < -0.4 is 10.1 Å². The highest BCUT2D eigenvalue weighted by Gasteiger charge is 2.11. The van der Waals surface area contributed by atoms with Crippen LogP contribution in [0.5, 0.6) is 5.75 Å². The fourth-order valence-electron chi connectivity index (χ4n) is 2.21. The van der Waals surface area contributed by atoms with E-state index < -0.39 is 0 Å². The van der Waals surface area contributed by atoms with Gasteiger partial charge in [-0.1, -0.05) is 24.3 Å². The molecule has 0 aliphatic carbocycles. The van der Waals surface area contributed by atoms with Crippen LogP contribution in [0.15, 0.2) is 42.5 Å². The molecule has 1 N–H and O–H groups in total. The minimum atomic E-state index is -0.221. The van der Waals surface area contributed by atoms with Crippen molar-refractivity contribution in [3.63, 3.8) is 0 Å². The summed E-state index contributed by atoms with van der Waals surface area (Å²) in [6, 6.07) is 12.7. The molecule has 106 valence electrons. The fraction of sp³-hybridized carbons (Fsp3) is 0.294. The Morgan fingerprint density at radius 1 is 1.10 bits per heavy atom. The third-order valence-corrected chi connectivity index (χ3v) is 2.97. The van der Waals surface area contributed by atoms with E-state index in [1.165, 1.54) is 6.07 Å². The molecular weight excluding hydrogens is 253 g/mol. The average Bonchev–Trinajstić information content (AvgIpc) is 2.40. The first-order valence-electron chi connectivity index (χ1n) is 6.81. The normalized spacial score (nSPS) is 10.8. The highest BCUT2D eigenvalue weighted by Crippen LogP contribution is 2.33. The van der Waals surface area contributed by atoms with Gasteiger partial charge in [0.25, 0.3) is 0 Å². The summed E-state index contributed by atoms with van der Waals surface area (Å²) in [7, 11) is 1.85. The summed E-state index contributed by atoms with van der Waals surface area (Å²) < 4.78 is 19.3. The zero-order chi connectivity index (χ0) is 14.5. The quantitative estimate of drug-likeness (QED) is 0.889. The number of rotatable bonds is 5. The third kappa shape index (κ3) is 3.36. The number of halogens is 1. The van der Waals surface area contributed by atoms with E-state index in [0.29, 0.717) is 6.54 Å². The molecule has 2 rings (SSSR count). The lowest BCUT2D eigenvalue weighted by atomic mass is 9.98. The summed E-state index contributed by atoms with van der Waals surface area (Å²) in [4.78, 5) is 0. The molecule has 0 fully saturated rings. The molecule has 0 radical (unpaired) electrons. The second-order valence-electron chi connectivity index (χ2n) is 4.99. The zero-order valence-electron chi connectivity index (χ0n) is 12.1. The first-order chi connectivity index (χ1) is 9.61. The highest BCUT2D eigenvalue weighted by molar-refractivity contribution is 5.73. The smallest absolute Gasteiger partial charge is 0.127 e. The van der Waals surface area contributed by atoms with Gasteiger partial charge in [-0.3, -0.25) is 0 Å². The van der Waals surface area contributed by atoms with Gasteiger partial charge in [0.2, 0.25) is 0 Å². The number of nitrogens with one attached hydrogen (secondary N) is 1. The molecule has 0 unspecified atom stereocenters. The minimum absolute atomic E-state index is 0.101. The number of ether oxygens (including phenoxy) is 1. The second kappa shape index (κ2) is 6.53. The largest absolute Gasteiger partial charge is 0.490 e. The van der Waals surface area contributed by atoms with Gasteiger partial charge in [0.05, 0.1) is 6.10 Å². The van der Waals surface area contributed by atoms with Gasteiger partial charge in [0.1, 0.15) is 11.6 Å². The van der Waals surface area contributed by atoms with Crippen LogP contribution in [-0.4, -0.2) is 13.2 Å². The maximum Gasteiger partial charge on any atom is 0.127 e.